The van der Waals surface area contributed by atoms with Crippen LogP contribution < -0.4 is 10.6 Å². The van der Waals surface area contributed by atoms with Crippen molar-refractivity contribution >= 4 is 11.9 Å². The maximum Gasteiger partial charge on any atom is 0.321 e. The molecule has 6 heteroatoms. The van der Waals surface area contributed by atoms with Crippen LogP contribution in [0.3, 0.4) is 0 Å². The number of hydrogen-bond acceptors (Lipinski definition) is 4. The minimum absolute atomic E-state index is 0.0587. The molecule has 3 N–H and O–H groups in total. The summed E-state index contributed by atoms with van der Waals surface area (Å²) in [4.78, 5) is 22.9. The Morgan fingerprint density at radius 2 is 2.11 bits per heavy atom. The van der Waals surface area contributed by atoms with Crippen LogP contribution in [0.5, 0.6) is 0 Å². The molecule has 1 saturated carbocycles. The van der Waals surface area contributed by atoms with Gasteiger partial charge in [0, 0.05) is 24.6 Å². The Morgan fingerprint density at radius 1 is 1.37 bits per heavy atom. The molecule has 0 aromatic rings. The molecule has 0 heterocycles. The van der Waals surface area contributed by atoms with E-state index in [1.54, 1.807) is 6.92 Å². The van der Waals surface area contributed by atoms with Crippen molar-refractivity contribution in [2.75, 3.05) is 13.2 Å². The van der Waals surface area contributed by atoms with Crippen LogP contribution in [0.15, 0.2) is 12.3 Å². The van der Waals surface area contributed by atoms with Crippen molar-refractivity contribution in [2.24, 2.45) is 5.92 Å². The quantitative estimate of drug-likeness (QED) is 0.512. The second kappa shape index (κ2) is 8.53. The summed E-state index contributed by atoms with van der Waals surface area (Å²) in [6.45, 7) is 2.33. The van der Waals surface area contributed by atoms with Gasteiger partial charge in [-0.3, -0.25) is 10.1 Å². The molecule has 1 aliphatic carbocycles. The Balaban J connectivity index is 2.35. The SMILES string of the molecule is CCO/C=C/C(=O)NC(=O)N[C@H]1CCCC[C@H]1CO. The van der Waals surface area contributed by atoms with Crippen molar-refractivity contribution in [1.29, 1.82) is 0 Å². The van der Waals surface area contributed by atoms with Gasteiger partial charge in [-0.05, 0) is 19.8 Å². The molecule has 0 saturated heterocycles. The Bertz CT molecular complexity index is 331. The molecule has 19 heavy (non-hydrogen) atoms. The third kappa shape index (κ3) is 5.74. The number of carbonyl (C=O) groups is 2. The smallest absolute Gasteiger partial charge is 0.321 e. The van der Waals surface area contributed by atoms with E-state index in [4.69, 9.17) is 4.74 Å². The van der Waals surface area contributed by atoms with E-state index in [9.17, 15) is 14.7 Å². The van der Waals surface area contributed by atoms with Gasteiger partial charge < -0.3 is 15.2 Å². The molecule has 6 nitrogen and oxygen atoms in total. The molecule has 108 valence electrons. The van der Waals surface area contributed by atoms with Gasteiger partial charge in [0.1, 0.15) is 0 Å². The molecular formula is C13H22N2O4. The number of urea groups is 1. The number of hydrogen-bond donors (Lipinski definition) is 3. The number of nitrogens with one attached hydrogen (secondary N) is 2. The zero-order valence-electron chi connectivity index (χ0n) is 11.2. The van der Waals surface area contributed by atoms with E-state index >= 15 is 0 Å². The predicted molar refractivity (Wildman–Crippen MR) is 70.3 cm³/mol. The van der Waals surface area contributed by atoms with Gasteiger partial charge in [-0.15, -0.1) is 0 Å². The van der Waals surface area contributed by atoms with E-state index in [0.29, 0.717) is 6.61 Å². The minimum Gasteiger partial charge on any atom is -0.501 e. The van der Waals surface area contributed by atoms with Crippen molar-refractivity contribution < 1.29 is 19.4 Å². The molecule has 0 radical (unpaired) electrons. The maximum atomic E-state index is 11.6. The second-order valence-corrected chi connectivity index (χ2v) is 4.55. The number of aliphatic hydroxyl groups excluding tert-OH is 1. The fraction of sp³-hybridized carbons (Fsp3) is 0.692. The highest BCUT2D eigenvalue weighted by Gasteiger charge is 2.25. The predicted octanol–water partition coefficient (Wildman–Crippen LogP) is 0.913. The first-order valence-corrected chi connectivity index (χ1v) is 6.67. The molecule has 0 aliphatic heterocycles. The summed E-state index contributed by atoms with van der Waals surface area (Å²) in [5, 5.41) is 14.2. The molecule has 1 rings (SSSR count). The summed E-state index contributed by atoms with van der Waals surface area (Å²) in [7, 11) is 0. The third-order valence-corrected chi connectivity index (χ3v) is 3.18. The Kier molecular flexibility index (Phi) is 6.95. The monoisotopic (exact) mass is 270 g/mol. The van der Waals surface area contributed by atoms with Crippen LogP contribution in [0.25, 0.3) is 0 Å². The lowest BCUT2D eigenvalue weighted by Crippen LogP contribution is -2.48. The highest BCUT2D eigenvalue weighted by molar-refractivity contribution is 6.00. The van der Waals surface area contributed by atoms with Crippen molar-refractivity contribution in [1.82, 2.24) is 10.6 Å². The zero-order valence-corrected chi connectivity index (χ0v) is 11.2. The van der Waals surface area contributed by atoms with Gasteiger partial charge in [-0.25, -0.2) is 4.79 Å². The van der Waals surface area contributed by atoms with Crippen LogP contribution in [-0.2, 0) is 9.53 Å². The lowest BCUT2D eigenvalue weighted by molar-refractivity contribution is -0.115. The van der Waals surface area contributed by atoms with E-state index in [0.717, 1.165) is 31.8 Å². The van der Waals surface area contributed by atoms with E-state index in [1.807, 2.05) is 0 Å². The largest absolute Gasteiger partial charge is 0.501 e. The van der Waals surface area contributed by atoms with Gasteiger partial charge >= 0.3 is 6.03 Å². The van der Waals surface area contributed by atoms with E-state index < -0.39 is 11.9 Å². The number of ether oxygens (including phenoxy) is 1. The van der Waals surface area contributed by atoms with Crippen LogP contribution in [0.2, 0.25) is 0 Å². The summed E-state index contributed by atoms with van der Waals surface area (Å²) >= 11 is 0. The normalized spacial score (nSPS) is 23.1. The number of amides is 3. The van der Waals surface area contributed by atoms with Gasteiger partial charge in [0.25, 0.3) is 5.91 Å². The van der Waals surface area contributed by atoms with Crippen molar-refractivity contribution in [3.05, 3.63) is 12.3 Å². The molecule has 0 bridgehead atoms. The molecule has 1 aliphatic rings. The summed E-state index contributed by atoms with van der Waals surface area (Å²) in [5.41, 5.74) is 0. The number of rotatable bonds is 5. The summed E-state index contributed by atoms with van der Waals surface area (Å²) in [5.74, 6) is -0.448. The fourth-order valence-electron chi connectivity index (χ4n) is 2.18. The summed E-state index contributed by atoms with van der Waals surface area (Å²) < 4.78 is 4.86. The average Bonchev–Trinajstić information content (AvgIpc) is 2.39. The third-order valence-electron chi connectivity index (χ3n) is 3.18. The molecular weight excluding hydrogens is 248 g/mol. The van der Waals surface area contributed by atoms with Crippen LogP contribution in [-0.4, -0.2) is 36.3 Å². The van der Waals surface area contributed by atoms with Crippen LogP contribution in [0.1, 0.15) is 32.6 Å². The van der Waals surface area contributed by atoms with Gasteiger partial charge in [0.15, 0.2) is 0 Å². The van der Waals surface area contributed by atoms with Crippen LogP contribution in [0, 0.1) is 5.92 Å². The zero-order chi connectivity index (χ0) is 14.1. The average molecular weight is 270 g/mol. The second-order valence-electron chi connectivity index (χ2n) is 4.55. The first-order valence-electron chi connectivity index (χ1n) is 6.67. The first-order chi connectivity index (χ1) is 9.17. The van der Waals surface area contributed by atoms with Crippen LogP contribution in [0.4, 0.5) is 4.79 Å². The van der Waals surface area contributed by atoms with Gasteiger partial charge in [-0.1, -0.05) is 12.8 Å². The Hall–Kier alpha value is -1.56. The van der Waals surface area contributed by atoms with Gasteiger partial charge in [-0.2, -0.15) is 0 Å². The Labute approximate surface area is 113 Å². The topological polar surface area (TPSA) is 87.7 Å². The highest BCUT2D eigenvalue weighted by atomic mass is 16.5. The summed E-state index contributed by atoms with van der Waals surface area (Å²) in [6.07, 6.45) is 6.25. The maximum absolute atomic E-state index is 11.6. The van der Waals surface area contributed by atoms with E-state index in [2.05, 4.69) is 10.6 Å². The molecule has 0 aromatic heterocycles. The highest BCUT2D eigenvalue weighted by Crippen LogP contribution is 2.23. The molecule has 2 atom stereocenters. The molecule has 0 aromatic carbocycles. The van der Waals surface area contributed by atoms with Crippen molar-refractivity contribution in [3.63, 3.8) is 0 Å². The standard InChI is InChI=1S/C13H22N2O4/c1-2-19-8-7-12(17)15-13(18)14-11-6-4-3-5-10(11)9-16/h7-8,10-11,16H,2-6,9H2,1H3,(H2,14,15,17,18)/b8-7+/t10-,11-/m0/s1. The molecule has 3 amide bonds. The minimum atomic E-state index is -0.531. The Morgan fingerprint density at radius 3 is 2.79 bits per heavy atom. The lowest BCUT2D eigenvalue weighted by atomic mass is 9.85. The lowest BCUT2D eigenvalue weighted by Gasteiger charge is -2.30. The van der Waals surface area contributed by atoms with Gasteiger partial charge in [0.05, 0.1) is 12.9 Å². The summed E-state index contributed by atoms with van der Waals surface area (Å²) in [6, 6.07) is -0.598. The van der Waals surface area contributed by atoms with E-state index in [-0.39, 0.29) is 18.6 Å². The van der Waals surface area contributed by atoms with Crippen LogP contribution >= 0.6 is 0 Å². The fourth-order valence-corrected chi connectivity index (χ4v) is 2.18. The van der Waals surface area contributed by atoms with E-state index in [1.165, 1.54) is 6.26 Å². The number of aliphatic hydroxyl groups is 1. The number of imide groups is 1. The molecule has 0 spiro atoms. The van der Waals surface area contributed by atoms with Gasteiger partial charge in [0.2, 0.25) is 0 Å². The first kappa shape index (κ1) is 15.5. The van der Waals surface area contributed by atoms with Crippen molar-refractivity contribution in [2.45, 2.75) is 38.6 Å². The number of carbonyl (C=O) groups excluding carboxylic acids is 2. The van der Waals surface area contributed by atoms with Crippen molar-refractivity contribution in [3.8, 4) is 0 Å². The molecule has 0 unspecified atom stereocenters. The molecule has 1 fully saturated rings.